The molecule has 0 aliphatic carbocycles. The van der Waals surface area contributed by atoms with Gasteiger partial charge in [-0.1, -0.05) is 38.1 Å². The Morgan fingerprint density at radius 1 is 1.27 bits per heavy atom. The Kier molecular flexibility index (Phi) is 2.51. The zero-order valence-electron chi connectivity index (χ0n) is 9.34. The maximum atomic E-state index is 11.1. The van der Waals surface area contributed by atoms with Crippen molar-refractivity contribution in [2.24, 2.45) is 0 Å². The van der Waals surface area contributed by atoms with E-state index in [1.54, 1.807) is 0 Å². The van der Waals surface area contributed by atoms with Crippen molar-refractivity contribution >= 4 is 5.91 Å². The van der Waals surface area contributed by atoms with Crippen molar-refractivity contribution in [1.82, 2.24) is 5.32 Å². The van der Waals surface area contributed by atoms with Crippen LogP contribution in [0.4, 0.5) is 0 Å². The lowest BCUT2D eigenvalue weighted by molar-refractivity contribution is -0.133. The fourth-order valence-electron chi connectivity index (χ4n) is 2.17. The van der Waals surface area contributed by atoms with E-state index in [4.69, 9.17) is 0 Å². The third-order valence-electron chi connectivity index (χ3n) is 3.36. The second-order valence-corrected chi connectivity index (χ2v) is 4.21. The molecule has 1 unspecified atom stereocenters. The van der Waals surface area contributed by atoms with Crippen molar-refractivity contribution in [3.8, 4) is 0 Å². The number of aryl methyl sites for hydroxylation is 1. The highest BCUT2D eigenvalue weighted by Crippen LogP contribution is 2.35. The van der Waals surface area contributed by atoms with Crippen LogP contribution in [0, 0.1) is 0 Å². The Balaban J connectivity index is 2.24. The Morgan fingerprint density at radius 2 is 1.87 bits per heavy atom. The van der Waals surface area contributed by atoms with E-state index >= 15 is 0 Å². The molecule has 1 amide bonds. The molecule has 1 aromatic carbocycles. The van der Waals surface area contributed by atoms with Gasteiger partial charge in [-0.05, 0) is 24.0 Å². The van der Waals surface area contributed by atoms with Crippen LogP contribution >= 0.6 is 0 Å². The first kappa shape index (κ1) is 10.2. The lowest BCUT2D eigenvalue weighted by Crippen LogP contribution is -2.57. The molecular formula is C13H17NO. The topological polar surface area (TPSA) is 29.1 Å². The van der Waals surface area contributed by atoms with Crippen molar-refractivity contribution in [3.05, 3.63) is 35.4 Å². The molecule has 1 fully saturated rings. The van der Waals surface area contributed by atoms with E-state index in [0.29, 0.717) is 6.42 Å². The summed E-state index contributed by atoms with van der Waals surface area (Å²) in [5.41, 5.74) is 2.50. The summed E-state index contributed by atoms with van der Waals surface area (Å²) in [5.74, 6) is 0.163. The lowest BCUT2D eigenvalue weighted by atomic mass is 9.78. The maximum Gasteiger partial charge on any atom is 0.223 e. The van der Waals surface area contributed by atoms with Gasteiger partial charge < -0.3 is 5.32 Å². The minimum Gasteiger partial charge on any atom is -0.346 e. The van der Waals surface area contributed by atoms with Crippen LogP contribution in [-0.2, 0) is 16.8 Å². The van der Waals surface area contributed by atoms with Gasteiger partial charge in [-0.2, -0.15) is 0 Å². The number of β-lactam (4-membered cyclic amide) rings is 1. The zero-order chi connectivity index (χ0) is 10.9. The van der Waals surface area contributed by atoms with Gasteiger partial charge in [-0.3, -0.25) is 4.79 Å². The molecule has 1 aliphatic rings. The van der Waals surface area contributed by atoms with Crippen molar-refractivity contribution in [2.45, 2.75) is 38.6 Å². The molecule has 2 nitrogen and oxygen atoms in total. The van der Waals surface area contributed by atoms with Crippen molar-refractivity contribution in [1.29, 1.82) is 0 Å². The minimum atomic E-state index is -0.0800. The molecule has 1 aromatic rings. The minimum absolute atomic E-state index is 0.0800. The van der Waals surface area contributed by atoms with Crippen LogP contribution in [0.25, 0.3) is 0 Å². The fourth-order valence-corrected chi connectivity index (χ4v) is 2.17. The van der Waals surface area contributed by atoms with Crippen molar-refractivity contribution in [2.75, 3.05) is 0 Å². The Hall–Kier alpha value is -1.31. The van der Waals surface area contributed by atoms with Crippen LogP contribution in [0.5, 0.6) is 0 Å². The molecule has 2 rings (SSSR count). The van der Waals surface area contributed by atoms with Gasteiger partial charge in [0, 0.05) is 0 Å². The molecule has 2 heteroatoms. The lowest BCUT2D eigenvalue weighted by Gasteiger charge is -2.42. The molecule has 15 heavy (non-hydrogen) atoms. The highest BCUT2D eigenvalue weighted by atomic mass is 16.2. The number of hydrogen-bond donors (Lipinski definition) is 1. The van der Waals surface area contributed by atoms with E-state index in [9.17, 15) is 4.79 Å². The Labute approximate surface area is 90.7 Å². The Bertz CT molecular complexity index is 359. The number of benzene rings is 1. The molecule has 1 heterocycles. The predicted molar refractivity (Wildman–Crippen MR) is 60.5 cm³/mol. The second kappa shape index (κ2) is 3.69. The molecule has 0 radical (unpaired) electrons. The van der Waals surface area contributed by atoms with Gasteiger partial charge in [0.1, 0.15) is 0 Å². The highest BCUT2D eigenvalue weighted by Gasteiger charge is 2.42. The average Bonchev–Trinajstić information content (AvgIpc) is 2.25. The van der Waals surface area contributed by atoms with E-state index in [2.05, 4.69) is 43.4 Å². The number of carbonyl (C=O) groups is 1. The van der Waals surface area contributed by atoms with Gasteiger partial charge >= 0.3 is 0 Å². The van der Waals surface area contributed by atoms with E-state index in [1.807, 2.05) is 0 Å². The number of nitrogens with one attached hydrogen (secondary N) is 1. The second-order valence-electron chi connectivity index (χ2n) is 4.21. The van der Waals surface area contributed by atoms with Crippen LogP contribution in [-0.4, -0.2) is 5.91 Å². The van der Waals surface area contributed by atoms with Gasteiger partial charge in [0.25, 0.3) is 0 Å². The van der Waals surface area contributed by atoms with Crippen molar-refractivity contribution in [3.63, 3.8) is 0 Å². The zero-order valence-corrected chi connectivity index (χ0v) is 9.34. The summed E-state index contributed by atoms with van der Waals surface area (Å²) in [7, 11) is 0. The summed E-state index contributed by atoms with van der Waals surface area (Å²) in [5, 5.41) is 3.02. The van der Waals surface area contributed by atoms with E-state index in [0.717, 1.165) is 12.8 Å². The SMILES string of the molecule is CCc1ccc(C2(CC)CC(=O)N2)cc1. The monoisotopic (exact) mass is 203 g/mol. The standard InChI is InChI=1S/C13H17NO/c1-3-10-5-7-11(8-6-10)13(4-2)9-12(15)14-13/h5-8H,3-4,9H2,1-2H3,(H,14,15). The number of carbonyl (C=O) groups excluding carboxylic acids is 1. The largest absolute Gasteiger partial charge is 0.346 e. The predicted octanol–water partition coefficient (Wildman–Crippen LogP) is 2.37. The summed E-state index contributed by atoms with van der Waals surface area (Å²) in [6, 6.07) is 8.58. The van der Waals surface area contributed by atoms with Crippen LogP contribution in [0.15, 0.2) is 24.3 Å². The summed E-state index contributed by atoms with van der Waals surface area (Å²) in [6.45, 7) is 4.27. The summed E-state index contributed by atoms with van der Waals surface area (Å²) in [6.07, 6.45) is 2.66. The quantitative estimate of drug-likeness (QED) is 0.751. The van der Waals surface area contributed by atoms with Crippen LogP contribution in [0.1, 0.15) is 37.8 Å². The molecule has 0 saturated carbocycles. The van der Waals surface area contributed by atoms with Crippen LogP contribution < -0.4 is 5.32 Å². The summed E-state index contributed by atoms with van der Waals surface area (Å²) >= 11 is 0. The maximum absolute atomic E-state index is 11.1. The molecule has 1 atom stereocenters. The average molecular weight is 203 g/mol. The third kappa shape index (κ3) is 1.65. The van der Waals surface area contributed by atoms with Gasteiger partial charge in [0.15, 0.2) is 0 Å². The van der Waals surface area contributed by atoms with Crippen LogP contribution in [0.2, 0.25) is 0 Å². The molecule has 0 spiro atoms. The van der Waals surface area contributed by atoms with Gasteiger partial charge in [0.05, 0.1) is 12.0 Å². The van der Waals surface area contributed by atoms with Crippen LogP contribution in [0.3, 0.4) is 0 Å². The molecule has 80 valence electrons. The number of amides is 1. The van der Waals surface area contributed by atoms with Gasteiger partial charge in [0.2, 0.25) is 5.91 Å². The first-order chi connectivity index (χ1) is 7.20. The highest BCUT2D eigenvalue weighted by molar-refractivity contribution is 5.85. The third-order valence-corrected chi connectivity index (χ3v) is 3.36. The van der Waals surface area contributed by atoms with E-state index in [-0.39, 0.29) is 11.4 Å². The molecular weight excluding hydrogens is 186 g/mol. The molecule has 1 saturated heterocycles. The van der Waals surface area contributed by atoms with E-state index < -0.39 is 0 Å². The fraction of sp³-hybridized carbons (Fsp3) is 0.462. The van der Waals surface area contributed by atoms with Gasteiger partial charge in [-0.25, -0.2) is 0 Å². The number of hydrogen-bond acceptors (Lipinski definition) is 1. The first-order valence-corrected chi connectivity index (χ1v) is 5.60. The summed E-state index contributed by atoms with van der Waals surface area (Å²) in [4.78, 5) is 11.1. The molecule has 0 aromatic heterocycles. The molecule has 1 N–H and O–H groups in total. The normalized spacial score (nSPS) is 24.5. The van der Waals surface area contributed by atoms with E-state index in [1.165, 1.54) is 11.1 Å². The summed E-state index contributed by atoms with van der Waals surface area (Å²) < 4.78 is 0. The van der Waals surface area contributed by atoms with Crippen molar-refractivity contribution < 1.29 is 4.79 Å². The smallest absolute Gasteiger partial charge is 0.223 e. The number of rotatable bonds is 3. The molecule has 0 bridgehead atoms. The first-order valence-electron chi connectivity index (χ1n) is 5.60. The van der Waals surface area contributed by atoms with Gasteiger partial charge in [-0.15, -0.1) is 0 Å². The Morgan fingerprint density at radius 3 is 2.27 bits per heavy atom. The molecule has 1 aliphatic heterocycles.